The van der Waals surface area contributed by atoms with Crippen molar-refractivity contribution >= 4 is 46.3 Å². The van der Waals surface area contributed by atoms with Gasteiger partial charge in [-0.3, -0.25) is 4.79 Å². The lowest BCUT2D eigenvalue weighted by Crippen LogP contribution is -2.19. The zero-order chi connectivity index (χ0) is 20.6. The highest BCUT2D eigenvalue weighted by atomic mass is 32.2. The van der Waals surface area contributed by atoms with Crippen LogP contribution in [-0.2, 0) is 0 Å². The second kappa shape index (κ2) is 10.1. The van der Waals surface area contributed by atoms with Crippen molar-refractivity contribution in [1.29, 1.82) is 0 Å². The lowest BCUT2D eigenvalue weighted by Gasteiger charge is -2.12. The van der Waals surface area contributed by atoms with Crippen molar-refractivity contribution in [2.75, 3.05) is 23.5 Å². The average Bonchev–Trinajstić information content (AvgIpc) is 2.74. The van der Waals surface area contributed by atoms with Gasteiger partial charge >= 0.3 is 0 Å². The summed E-state index contributed by atoms with van der Waals surface area (Å²) in [6.07, 6.45) is 0. The number of anilines is 2. The number of ketones is 1. The van der Waals surface area contributed by atoms with E-state index in [1.165, 1.54) is 17.3 Å². The molecule has 4 nitrogen and oxygen atoms in total. The normalized spacial score (nSPS) is 10.3. The van der Waals surface area contributed by atoms with E-state index >= 15 is 0 Å². The number of carbonyl (C=O) groups excluding carboxylic acids is 1. The summed E-state index contributed by atoms with van der Waals surface area (Å²) < 4.78 is 5.28. The van der Waals surface area contributed by atoms with Gasteiger partial charge in [0.1, 0.15) is 5.75 Å². The number of carbonyl (C=O) groups is 1. The van der Waals surface area contributed by atoms with Gasteiger partial charge in [0.05, 0.1) is 18.4 Å². The molecule has 0 amide bonds. The molecule has 0 saturated heterocycles. The Hall–Kier alpha value is -2.83. The monoisotopic (exact) mass is 422 g/mol. The lowest BCUT2D eigenvalue weighted by atomic mass is 10.1. The molecule has 148 valence electrons. The lowest BCUT2D eigenvalue weighted by molar-refractivity contribution is 0.101. The van der Waals surface area contributed by atoms with E-state index in [0.29, 0.717) is 22.2 Å². The zero-order valence-corrected chi connectivity index (χ0v) is 17.9. The van der Waals surface area contributed by atoms with Crippen LogP contribution < -0.4 is 15.4 Å². The van der Waals surface area contributed by atoms with Crippen LogP contribution in [0.15, 0.2) is 77.7 Å². The molecule has 0 bridgehead atoms. The fraction of sp³-hybridized carbons (Fsp3) is 0.130. The molecule has 0 atom stereocenters. The van der Waals surface area contributed by atoms with E-state index in [9.17, 15) is 4.79 Å². The Kier molecular flexibility index (Phi) is 7.27. The third-order valence-electron chi connectivity index (χ3n) is 4.18. The molecule has 3 aromatic carbocycles. The smallest absolute Gasteiger partial charge is 0.176 e. The van der Waals surface area contributed by atoms with E-state index in [1.807, 2.05) is 67.6 Å². The van der Waals surface area contributed by atoms with Crippen LogP contribution in [0.1, 0.15) is 15.9 Å². The number of hydrogen-bond acceptors (Lipinski definition) is 4. The van der Waals surface area contributed by atoms with E-state index in [1.54, 1.807) is 19.2 Å². The average molecular weight is 423 g/mol. The van der Waals surface area contributed by atoms with E-state index in [2.05, 4.69) is 10.6 Å². The molecule has 0 radical (unpaired) electrons. The van der Waals surface area contributed by atoms with Crippen LogP contribution in [0.5, 0.6) is 5.75 Å². The first-order valence-electron chi connectivity index (χ1n) is 9.09. The van der Waals surface area contributed by atoms with Crippen molar-refractivity contribution in [2.45, 2.75) is 11.8 Å². The minimum absolute atomic E-state index is 0.0300. The van der Waals surface area contributed by atoms with Crippen molar-refractivity contribution in [3.8, 4) is 5.75 Å². The third-order valence-corrected chi connectivity index (χ3v) is 5.38. The Balaban J connectivity index is 1.58. The largest absolute Gasteiger partial charge is 0.496 e. The van der Waals surface area contributed by atoms with Crippen LogP contribution in [0, 0.1) is 6.92 Å². The molecule has 29 heavy (non-hydrogen) atoms. The summed E-state index contributed by atoms with van der Waals surface area (Å²) in [4.78, 5) is 13.5. The van der Waals surface area contributed by atoms with E-state index in [4.69, 9.17) is 17.0 Å². The van der Waals surface area contributed by atoms with Crippen LogP contribution in [0.4, 0.5) is 11.4 Å². The molecule has 0 spiro atoms. The second-order valence-corrected chi connectivity index (χ2v) is 7.84. The van der Waals surface area contributed by atoms with E-state index < -0.39 is 0 Å². The summed E-state index contributed by atoms with van der Waals surface area (Å²) in [5.41, 5.74) is 3.59. The van der Waals surface area contributed by atoms with Crippen molar-refractivity contribution in [1.82, 2.24) is 0 Å². The fourth-order valence-corrected chi connectivity index (χ4v) is 3.77. The maximum Gasteiger partial charge on any atom is 0.176 e. The molecule has 0 heterocycles. The first-order valence-corrected chi connectivity index (χ1v) is 10.5. The molecule has 0 fully saturated rings. The van der Waals surface area contributed by atoms with Crippen LogP contribution in [-0.4, -0.2) is 23.8 Å². The minimum Gasteiger partial charge on any atom is -0.496 e. The quantitative estimate of drug-likeness (QED) is 0.286. The van der Waals surface area contributed by atoms with Crippen molar-refractivity contribution in [2.24, 2.45) is 0 Å². The topological polar surface area (TPSA) is 50.4 Å². The van der Waals surface area contributed by atoms with E-state index in [-0.39, 0.29) is 5.78 Å². The standard InChI is InChI=1S/C23H22N2O2S2/c1-16-10-12-17(13-11-16)24-23(28)25-18-6-5-7-19(14-18)29-15-21(26)20-8-3-4-9-22(20)27-2/h3-14H,15H2,1-2H3,(H2,24,25,28). The van der Waals surface area contributed by atoms with Crippen molar-refractivity contribution in [3.63, 3.8) is 0 Å². The highest BCUT2D eigenvalue weighted by Crippen LogP contribution is 2.25. The van der Waals surface area contributed by atoms with Gasteiger partial charge in [0.15, 0.2) is 10.9 Å². The highest BCUT2D eigenvalue weighted by Gasteiger charge is 2.12. The number of thioether (sulfide) groups is 1. The number of nitrogens with one attached hydrogen (secondary N) is 2. The molecule has 0 aromatic heterocycles. The van der Waals surface area contributed by atoms with Crippen LogP contribution in [0.25, 0.3) is 0 Å². The predicted octanol–water partition coefficient (Wildman–Crippen LogP) is 5.79. The Labute approximate surface area is 180 Å². The summed E-state index contributed by atoms with van der Waals surface area (Å²) >= 11 is 6.88. The molecule has 0 aliphatic carbocycles. The SMILES string of the molecule is COc1ccccc1C(=O)CSc1cccc(NC(=S)Nc2ccc(C)cc2)c1. The van der Waals surface area contributed by atoms with Crippen LogP contribution in [0.2, 0.25) is 0 Å². The fourth-order valence-electron chi connectivity index (χ4n) is 2.70. The number of methoxy groups -OCH3 is 1. The number of thiocarbonyl (C=S) groups is 1. The van der Waals surface area contributed by atoms with E-state index in [0.717, 1.165) is 16.3 Å². The molecule has 0 saturated carbocycles. The van der Waals surface area contributed by atoms with Gasteiger partial charge in [0.25, 0.3) is 0 Å². The summed E-state index contributed by atoms with van der Waals surface area (Å²) in [5, 5.41) is 6.87. The maximum absolute atomic E-state index is 12.5. The first kappa shape index (κ1) is 20.9. The Morgan fingerprint density at radius 3 is 2.45 bits per heavy atom. The second-order valence-electron chi connectivity index (χ2n) is 6.39. The number of ether oxygens (including phenoxy) is 1. The summed E-state index contributed by atoms with van der Waals surface area (Å²) in [6, 6.07) is 23.1. The van der Waals surface area contributed by atoms with Gasteiger partial charge in [-0.2, -0.15) is 0 Å². The Morgan fingerprint density at radius 1 is 0.966 bits per heavy atom. The van der Waals surface area contributed by atoms with Crippen LogP contribution in [0.3, 0.4) is 0 Å². The predicted molar refractivity (Wildman–Crippen MR) is 126 cm³/mol. The van der Waals surface area contributed by atoms with Gasteiger partial charge in [-0.25, -0.2) is 0 Å². The minimum atomic E-state index is 0.0300. The Morgan fingerprint density at radius 2 is 1.69 bits per heavy atom. The van der Waals surface area contributed by atoms with Crippen LogP contribution >= 0.6 is 24.0 Å². The molecule has 2 N–H and O–H groups in total. The Bertz CT molecular complexity index is 1000. The number of para-hydroxylation sites is 1. The number of benzene rings is 3. The molecule has 0 aliphatic rings. The molecule has 3 aromatic rings. The highest BCUT2D eigenvalue weighted by molar-refractivity contribution is 8.00. The third kappa shape index (κ3) is 6.07. The summed E-state index contributed by atoms with van der Waals surface area (Å²) in [5.74, 6) is 0.957. The van der Waals surface area contributed by atoms with Gasteiger partial charge in [-0.15, -0.1) is 11.8 Å². The van der Waals surface area contributed by atoms with Gasteiger partial charge < -0.3 is 15.4 Å². The maximum atomic E-state index is 12.5. The number of hydrogen-bond donors (Lipinski definition) is 2. The van der Waals surface area contributed by atoms with Gasteiger partial charge in [0, 0.05) is 16.3 Å². The van der Waals surface area contributed by atoms with Crippen molar-refractivity contribution in [3.05, 3.63) is 83.9 Å². The molecule has 6 heteroatoms. The molecule has 0 unspecified atom stereocenters. The zero-order valence-electron chi connectivity index (χ0n) is 16.3. The summed E-state index contributed by atoms with van der Waals surface area (Å²) in [7, 11) is 1.57. The summed E-state index contributed by atoms with van der Waals surface area (Å²) in [6.45, 7) is 2.04. The number of Topliss-reactive ketones (excluding diaryl/α,β-unsaturated/α-hetero) is 1. The number of aryl methyl sites for hydroxylation is 1. The van der Waals surface area contributed by atoms with Gasteiger partial charge in [-0.05, 0) is 61.6 Å². The van der Waals surface area contributed by atoms with Gasteiger partial charge in [0.2, 0.25) is 0 Å². The molecular weight excluding hydrogens is 400 g/mol. The van der Waals surface area contributed by atoms with Gasteiger partial charge in [-0.1, -0.05) is 35.9 Å². The number of rotatable bonds is 7. The van der Waals surface area contributed by atoms with Crippen molar-refractivity contribution < 1.29 is 9.53 Å². The molecule has 3 rings (SSSR count). The first-order chi connectivity index (χ1) is 14.0. The molecule has 0 aliphatic heterocycles. The molecular formula is C23H22N2O2S2.